The minimum absolute atomic E-state index is 0.0252. The highest BCUT2D eigenvalue weighted by molar-refractivity contribution is 6.30. The summed E-state index contributed by atoms with van der Waals surface area (Å²) < 4.78 is 15.2. The molecule has 2 aromatic rings. The topological polar surface area (TPSA) is 88.3 Å². The van der Waals surface area contributed by atoms with Gasteiger partial charge in [0.25, 0.3) is 5.91 Å². The second-order valence-corrected chi connectivity index (χ2v) is 6.45. The first-order valence-electron chi connectivity index (χ1n) is 7.79. The lowest BCUT2D eigenvalue weighted by molar-refractivity contribution is -0.143. The summed E-state index contributed by atoms with van der Waals surface area (Å²) in [4.78, 5) is 25.3. The molecule has 7 nitrogen and oxygen atoms in total. The Balaban J connectivity index is 1.85. The number of carboxylic acid groups (broad SMARTS) is 1. The number of likely N-dealkylation sites (tertiary alicyclic amines) is 1. The molecule has 2 heterocycles. The van der Waals surface area contributed by atoms with E-state index in [-0.39, 0.29) is 29.0 Å². The van der Waals surface area contributed by atoms with E-state index in [9.17, 15) is 19.1 Å². The molecular formula is C16H16ClFN4O3. The number of halogens is 2. The average molecular weight is 367 g/mol. The number of hydrogen-bond donors (Lipinski definition) is 1. The van der Waals surface area contributed by atoms with Gasteiger partial charge in [-0.05, 0) is 31.9 Å². The lowest BCUT2D eigenvalue weighted by Crippen LogP contribution is -2.47. The average Bonchev–Trinajstić information content (AvgIpc) is 3.06. The maximum absolute atomic E-state index is 14.1. The van der Waals surface area contributed by atoms with E-state index in [1.807, 2.05) is 6.92 Å². The molecule has 3 rings (SSSR count). The van der Waals surface area contributed by atoms with Gasteiger partial charge in [-0.15, -0.1) is 5.10 Å². The van der Waals surface area contributed by atoms with Gasteiger partial charge in [-0.25, -0.2) is 9.07 Å². The van der Waals surface area contributed by atoms with Crippen LogP contribution in [0, 0.1) is 11.7 Å². The van der Waals surface area contributed by atoms with Crippen molar-refractivity contribution in [2.75, 3.05) is 6.54 Å². The highest BCUT2D eigenvalue weighted by atomic mass is 35.5. The van der Waals surface area contributed by atoms with Crippen LogP contribution in [0.1, 0.15) is 30.3 Å². The van der Waals surface area contributed by atoms with E-state index in [0.717, 1.165) is 4.68 Å². The molecular weight excluding hydrogens is 351 g/mol. The molecule has 1 N–H and O–H groups in total. The van der Waals surface area contributed by atoms with Gasteiger partial charge >= 0.3 is 5.97 Å². The molecule has 0 radical (unpaired) electrons. The predicted molar refractivity (Wildman–Crippen MR) is 87.2 cm³/mol. The second kappa shape index (κ2) is 6.79. The molecule has 1 amide bonds. The summed E-state index contributed by atoms with van der Waals surface area (Å²) in [6.45, 7) is 1.98. The molecule has 1 aromatic carbocycles. The van der Waals surface area contributed by atoms with Crippen LogP contribution >= 0.6 is 11.6 Å². The maximum Gasteiger partial charge on any atom is 0.308 e. The Labute approximate surface area is 148 Å². The summed E-state index contributed by atoms with van der Waals surface area (Å²) in [6, 6.07) is 4.34. The molecule has 1 aliphatic heterocycles. The van der Waals surface area contributed by atoms with E-state index in [2.05, 4.69) is 10.3 Å². The third kappa shape index (κ3) is 3.34. The summed E-state index contributed by atoms with van der Waals surface area (Å²) >= 11 is 5.75. The van der Waals surface area contributed by atoms with Gasteiger partial charge < -0.3 is 10.0 Å². The van der Waals surface area contributed by atoms with Crippen molar-refractivity contribution in [2.45, 2.75) is 25.8 Å². The van der Waals surface area contributed by atoms with E-state index >= 15 is 0 Å². The quantitative estimate of drug-likeness (QED) is 0.901. The summed E-state index contributed by atoms with van der Waals surface area (Å²) in [7, 11) is 0. The Bertz CT molecular complexity index is 825. The number of hydrogen-bond acceptors (Lipinski definition) is 4. The van der Waals surface area contributed by atoms with Gasteiger partial charge in [0.2, 0.25) is 0 Å². The summed E-state index contributed by atoms with van der Waals surface area (Å²) in [6.07, 6.45) is 2.44. The van der Waals surface area contributed by atoms with Crippen molar-refractivity contribution in [3.05, 3.63) is 40.9 Å². The molecule has 0 aliphatic carbocycles. The zero-order chi connectivity index (χ0) is 18.1. The van der Waals surface area contributed by atoms with Gasteiger partial charge in [0.05, 0.1) is 17.1 Å². The molecule has 0 saturated carbocycles. The van der Waals surface area contributed by atoms with Crippen LogP contribution in [-0.2, 0) is 4.79 Å². The number of carboxylic acids is 1. The maximum atomic E-state index is 14.1. The Hall–Kier alpha value is -2.48. The van der Waals surface area contributed by atoms with Crippen molar-refractivity contribution >= 4 is 23.5 Å². The minimum Gasteiger partial charge on any atom is -0.481 e. The number of rotatable bonds is 3. The van der Waals surface area contributed by atoms with Gasteiger partial charge in [0.15, 0.2) is 11.5 Å². The molecule has 1 saturated heterocycles. The van der Waals surface area contributed by atoms with Crippen LogP contribution in [0.25, 0.3) is 5.69 Å². The van der Waals surface area contributed by atoms with Crippen LogP contribution in [0.15, 0.2) is 24.4 Å². The Morgan fingerprint density at radius 3 is 2.84 bits per heavy atom. The van der Waals surface area contributed by atoms with Gasteiger partial charge in [0, 0.05) is 12.6 Å². The summed E-state index contributed by atoms with van der Waals surface area (Å²) in [5.41, 5.74) is 0.103. The molecule has 0 bridgehead atoms. The largest absolute Gasteiger partial charge is 0.481 e. The third-order valence-electron chi connectivity index (χ3n) is 4.38. The van der Waals surface area contributed by atoms with Gasteiger partial charge in [-0.3, -0.25) is 9.59 Å². The lowest BCUT2D eigenvalue weighted by atomic mass is 9.93. The van der Waals surface area contributed by atoms with E-state index in [1.165, 1.54) is 23.2 Å². The number of piperidine rings is 1. The fourth-order valence-corrected chi connectivity index (χ4v) is 3.06. The first kappa shape index (κ1) is 17.3. The van der Waals surface area contributed by atoms with Crippen molar-refractivity contribution in [1.82, 2.24) is 19.9 Å². The monoisotopic (exact) mass is 366 g/mol. The van der Waals surface area contributed by atoms with Crippen molar-refractivity contribution in [2.24, 2.45) is 5.92 Å². The number of aliphatic carboxylic acids is 1. The minimum atomic E-state index is -0.922. The number of benzene rings is 1. The van der Waals surface area contributed by atoms with Gasteiger partial charge in [-0.1, -0.05) is 22.9 Å². The zero-order valence-electron chi connectivity index (χ0n) is 13.4. The van der Waals surface area contributed by atoms with Gasteiger partial charge in [-0.2, -0.15) is 0 Å². The number of carbonyl (C=O) groups excluding carboxylic acids is 1. The number of amides is 1. The summed E-state index contributed by atoms with van der Waals surface area (Å²) in [5.74, 6) is -2.60. The Kier molecular flexibility index (Phi) is 4.71. The van der Waals surface area contributed by atoms with Crippen LogP contribution in [-0.4, -0.2) is 49.5 Å². The standard InChI is InChI=1S/C16H16ClFN4O3/c1-9-5-6-10(16(24)25)7-21(9)15(23)12-8-22(20-19-12)13-4-2-3-11(17)14(13)18/h2-4,8-10H,5-7H2,1H3,(H,24,25). The van der Waals surface area contributed by atoms with E-state index in [0.29, 0.717) is 12.8 Å². The highest BCUT2D eigenvalue weighted by Gasteiger charge is 2.34. The number of aromatic nitrogens is 3. The van der Waals surface area contributed by atoms with Crippen molar-refractivity contribution < 1.29 is 19.1 Å². The van der Waals surface area contributed by atoms with Crippen LogP contribution in [0.2, 0.25) is 5.02 Å². The first-order chi connectivity index (χ1) is 11.9. The summed E-state index contributed by atoms with van der Waals surface area (Å²) in [5, 5.41) is 16.7. The normalized spacial score (nSPS) is 20.5. The van der Waals surface area contributed by atoms with E-state index < -0.39 is 23.6 Å². The molecule has 1 aliphatic rings. The third-order valence-corrected chi connectivity index (χ3v) is 4.67. The molecule has 1 fully saturated rings. The van der Waals surface area contributed by atoms with Crippen LogP contribution in [0.4, 0.5) is 4.39 Å². The molecule has 0 spiro atoms. The van der Waals surface area contributed by atoms with Crippen molar-refractivity contribution in [3.8, 4) is 5.69 Å². The Morgan fingerprint density at radius 1 is 1.36 bits per heavy atom. The lowest BCUT2D eigenvalue weighted by Gasteiger charge is -2.35. The fraction of sp³-hybridized carbons (Fsp3) is 0.375. The Morgan fingerprint density at radius 2 is 2.12 bits per heavy atom. The van der Waals surface area contributed by atoms with Crippen molar-refractivity contribution in [1.29, 1.82) is 0 Å². The number of carbonyl (C=O) groups is 2. The molecule has 25 heavy (non-hydrogen) atoms. The number of nitrogens with zero attached hydrogens (tertiary/aromatic N) is 4. The van der Waals surface area contributed by atoms with E-state index in [1.54, 1.807) is 6.07 Å². The van der Waals surface area contributed by atoms with Gasteiger partial charge in [0.1, 0.15) is 5.69 Å². The SMILES string of the molecule is CC1CCC(C(=O)O)CN1C(=O)c1cn(-c2cccc(Cl)c2F)nn1. The molecule has 2 unspecified atom stereocenters. The fourth-order valence-electron chi connectivity index (χ4n) is 2.89. The molecule has 9 heteroatoms. The van der Waals surface area contributed by atoms with Crippen molar-refractivity contribution in [3.63, 3.8) is 0 Å². The van der Waals surface area contributed by atoms with Crippen LogP contribution in [0.5, 0.6) is 0 Å². The molecule has 2 atom stereocenters. The van der Waals surface area contributed by atoms with Crippen LogP contribution < -0.4 is 0 Å². The molecule has 132 valence electrons. The predicted octanol–water partition coefficient (Wildman–Crippen LogP) is 2.39. The molecule has 1 aromatic heterocycles. The smallest absolute Gasteiger partial charge is 0.308 e. The zero-order valence-corrected chi connectivity index (χ0v) is 14.1. The van der Waals surface area contributed by atoms with Crippen LogP contribution in [0.3, 0.4) is 0 Å². The second-order valence-electron chi connectivity index (χ2n) is 6.04. The first-order valence-corrected chi connectivity index (χ1v) is 8.16. The highest BCUT2D eigenvalue weighted by Crippen LogP contribution is 2.24. The van der Waals surface area contributed by atoms with E-state index in [4.69, 9.17) is 11.6 Å².